The number of ether oxygens (including phenoxy) is 1. The van der Waals surface area contributed by atoms with Gasteiger partial charge in [0, 0.05) is 43.7 Å². The van der Waals surface area contributed by atoms with Crippen molar-refractivity contribution >= 4 is 22.8 Å². The van der Waals surface area contributed by atoms with Crippen molar-refractivity contribution in [2.75, 3.05) is 23.3 Å². The highest BCUT2D eigenvalue weighted by Crippen LogP contribution is 2.33. The van der Waals surface area contributed by atoms with Gasteiger partial charge in [-0.05, 0) is 62.2 Å². The number of benzene rings is 2. The van der Waals surface area contributed by atoms with Crippen molar-refractivity contribution in [3.8, 4) is 17.2 Å². The minimum Gasteiger partial charge on any atom is -0.452 e. The Balaban J connectivity index is 1.28. The standard InChI is InChI=1S/C30H26F2N6O4/c1-2-35-18-23(29(40)38(30(35)41)21-8-5-19(31)6-9-21)28(39)34-20-7-10-26(24(32)15-20)42-27-16-22(36-13-3-4-14-36)17-37-25(27)11-12-33-37/h5-12,15-18H,2-4,13-14H2,1H3,(H,34,39). The second-order valence-corrected chi connectivity index (χ2v) is 9.85. The maximum atomic E-state index is 15.2. The van der Waals surface area contributed by atoms with Crippen molar-refractivity contribution in [1.82, 2.24) is 18.7 Å². The monoisotopic (exact) mass is 572 g/mol. The van der Waals surface area contributed by atoms with E-state index in [-0.39, 0.29) is 29.2 Å². The number of nitrogens with one attached hydrogen (secondary N) is 1. The molecule has 4 heterocycles. The van der Waals surface area contributed by atoms with Gasteiger partial charge in [-0.25, -0.2) is 22.7 Å². The lowest BCUT2D eigenvalue weighted by molar-refractivity contribution is 0.102. The molecule has 0 bridgehead atoms. The summed E-state index contributed by atoms with van der Waals surface area (Å²) in [6, 6.07) is 12.3. The molecule has 1 amide bonds. The number of halogens is 2. The second kappa shape index (κ2) is 11.0. The number of carbonyl (C=O) groups excluding carboxylic acids is 1. The first-order valence-electron chi connectivity index (χ1n) is 13.5. The average Bonchev–Trinajstić information content (AvgIpc) is 3.68. The molecule has 12 heteroatoms. The molecule has 214 valence electrons. The Kier molecular flexibility index (Phi) is 7.03. The van der Waals surface area contributed by atoms with E-state index in [2.05, 4.69) is 15.3 Å². The molecule has 0 atom stereocenters. The topological polar surface area (TPSA) is 103 Å². The number of amides is 1. The van der Waals surface area contributed by atoms with Crippen LogP contribution in [0.1, 0.15) is 30.1 Å². The molecule has 0 aliphatic carbocycles. The molecule has 0 spiro atoms. The number of pyridine rings is 1. The quantitative estimate of drug-likeness (QED) is 0.306. The number of rotatable bonds is 7. The van der Waals surface area contributed by atoms with Crippen LogP contribution in [-0.2, 0) is 6.54 Å². The Hall–Kier alpha value is -5.26. The zero-order chi connectivity index (χ0) is 29.4. The van der Waals surface area contributed by atoms with Gasteiger partial charge < -0.3 is 15.0 Å². The van der Waals surface area contributed by atoms with E-state index in [4.69, 9.17) is 4.74 Å². The van der Waals surface area contributed by atoms with Gasteiger partial charge in [-0.1, -0.05) is 0 Å². The van der Waals surface area contributed by atoms with Crippen LogP contribution in [0.3, 0.4) is 0 Å². The maximum Gasteiger partial charge on any atom is 0.335 e. The number of aromatic nitrogens is 4. The van der Waals surface area contributed by atoms with Gasteiger partial charge in [-0.15, -0.1) is 0 Å². The van der Waals surface area contributed by atoms with Gasteiger partial charge in [0.05, 0.1) is 23.8 Å². The molecular formula is C30H26F2N6O4. The molecule has 42 heavy (non-hydrogen) atoms. The Morgan fingerprint density at radius 2 is 1.71 bits per heavy atom. The van der Waals surface area contributed by atoms with Crippen molar-refractivity contribution in [3.05, 3.63) is 111 Å². The highest BCUT2D eigenvalue weighted by molar-refractivity contribution is 6.03. The van der Waals surface area contributed by atoms with Crippen LogP contribution in [-0.4, -0.2) is 37.7 Å². The van der Waals surface area contributed by atoms with Crippen LogP contribution < -0.4 is 26.2 Å². The molecule has 0 unspecified atom stereocenters. The van der Waals surface area contributed by atoms with Crippen LogP contribution in [0.15, 0.2) is 82.8 Å². The molecule has 1 aliphatic heterocycles. The summed E-state index contributed by atoms with van der Waals surface area (Å²) in [6.45, 7) is 3.68. The number of aryl methyl sites for hydroxylation is 1. The average molecular weight is 573 g/mol. The minimum atomic E-state index is -0.892. The van der Waals surface area contributed by atoms with Gasteiger partial charge in [-0.3, -0.25) is 14.2 Å². The third-order valence-corrected chi connectivity index (χ3v) is 7.16. The molecule has 1 aliphatic rings. The fourth-order valence-corrected chi connectivity index (χ4v) is 4.99. The summed E-state index contributed by atoms with van der Waals surface area (Å²) in [5.74, 6) is -1.76. The molecule has 1 fully saturated rings. The van der Waals surface area contributed by atoms with Gasteiger partial charge in [0.1, 0.15) is 16.9 Å². The van der Waals surface area contributed by atoms with Crippen molar-refractivity contribution in [1.29, 1.82) is 0 Å². The Morgan fingerprint density at radius 1 is 0.952 bits per heavy atom. The highest BCUT2D eigenvalue weighted by Gasteiger charge is 2.20. The summed E-state index contributed by atoms with van der Waals surface area (Å²) in [4.78, 5) is 41.4. The lowest BCUT2D eigenvalue weighted by atomic mass is 10.2. The zero-order valence-electron chi connectivity index (χ0n) is 22.6. The molecule has 6 rings (SSSR count). The van der Waals surface area contributed by atoms with Crippen LogP contribution in [0.25, 0.3) is 11.2 Å². The van der Waals surface area contributed by atoms with Crippen LogP contribution >= 0.6 is 0 Å². The number of anilines is 2. The summed E-state index contributed by atoms with van der Waals surface area (Å²) >= 11 is 0. The molecule has 0 saturated carbocycles. The lowest BCUT2D eigenvalue weighted by Crippen LogP contribution is -2.42. The van der Waals surface area contributed by atoms with Gasteiger partial charge >= 0.3 is 5.69 Å². The van der Waals surface area contributed by atoms with Crippen LogP contribution in [0, 0.1) is 11.6 Å². The summed E-state index contributed by atoms with van der Waals surface area (Å²) in [7, 11) is 0. The number of fused-ring (bicyclic) bond motifs is 1. The number of carbonyl (C=O) groups is 1. The van der Waals surface area contributed by atoms with Crippen LogP contribution in [0.4, 0.5) is 20.2 Å². The van der Waals surface area contributed by atoms with Crippen molar-refractivity contribution in [2.45, 2.75) is 26.3 Å². The Morgan fingerprint density at radius 3 is 2.43 bits per heavy atom. The molecular weight excluding hydrogens is 546 g/mol. The fourth-order valence-electron chi connectivity index (χ4n) is 4.99. The van der Waals surface area contributed by atoms with Crippen LogP contribution in [0.5, 0.6) is 11.5 Å². The van der Waals surface area contributed by atoms with Gasteiger partial charge in [0.15, 0.2) is 17.3 Å². The van der Waals surface area contributed by atoms with Gasteiger partial charge in [0.25, 0.3) is 11.5 Å². The molecule has 3 aromatic heterocycles. The van der Waals surface area contributed by atoms with E-state index in [0.29, 0.717) is 11.3 Å². The zero-order valence-corrected chi connectivity index (χ0v) is 22.6. The highest BCUT2D eigenvalue weighted by atomic mass is 19.1. The Bertz CT molecular complexity index is 1920. The van der Waals surface area contributed by atoms with Crippen molar-refractivity contribution < 1.29 is 18.3 Å². The lowest BCUT2D eigenvalue weighted by Gasteiger charge is -2.19. The smallest absolute Gasteiger partial charge is 0.335 e. The van der Waals surface area contributed by atoms with E-state index in [1.165, 1.54) is 28.8 Å². The van der Waals surface area contributed by atoms with E-state index >= 15 is 4.39 Å². The van der Waals surface area contributed by atoms with Crippen molar-refractivity contribution in [3.63, 3.8) is 0 Å². The summed E-state index contributed by atoms with van der Waals surface area (Å²) in [6.07, 6.45) is 6.88. The van der Waals surface area contributed by atoms with E-state index < -0.39 is 28.8 Å². The normalized spacial score (nSPS) is 13.1. The molecule has 2 aromatic carbocycles. The minimum absolute atomic E-state index is 0.0622. The summed E-state index contributed by atoms with van der Waals surface area (Å²) < 4.78 is 38.3. The Labute approximate surface area is 238 Å². The second-order valence-electron chi connectivity index (χ2n) is 9.85. The van der Waals surface area contributed by atoms with Gasteiger partial charge in [0.2, 0.25) is 0 Å². The third-order valence-electron chi connectivity index (χ3n) is 7.16. The van der Waals surface area contributed by atoms with E-state index in [1.54, 1.807) is 23.7 Å². The predicted molar refractivity (Wildman–Crippen MR) is 153 cm³/mol. The van der Waals surface area contributed by atoms with E-state index in [1.807, 2.05) is 12.3 Å². The third kappa shape index (κ3) is 5.02. The number of hydrogen-bond donors (Lipinski definition) is 1. The molecule has 1 N–H and O–H groups in total. The first-order chi connectivity index (χ1) is 20.3. The number of hydrogen-bond acceptors (Lipinski definition) is 6. The first-order valence-corrected chi connectivity index (χ1v) is 13.5. The van der Waals surface area contributed by atoms with E-state index in [9.17, 15) is 18.8 Å². The number of nitrogens with zero attached hydrogens (tertiary/aromatic N) is 5. The van der Waals surface area contributed by atoms with E-state index in [0.717, 1.165) is 60.6 Å². The molecule has 10 nitrogen and oxygen atoms in total. The predicted octanol–water partition coefficient (Wildman–Crippen LogP) is 4.59. The summed E-state index contributed by atoms with van der Waals surface area (Å²) in [5.41, 5.74) is -0.149. The molecule has 5 aromatic rings. The van der Waals surface area contributed by atoms with Crippen LogP contribution in [0.2, 0.25) is 0 Å². The maximum absolute atomic E-state index is 15.2. The molecule has 0 radical (unpaired) electrons. The largest absolute Gasteiger partial charge is 0.452 e. The van der Waals surface area contributed by atoms with Crippen molar-refractivity contribution in [2.24, 2.45) is 0 Å². The first kappa shape index (κ1) is 26.9. The summed E-state index contributed by atoms with van der Waals surface area (Å²) in [5, 5.41) is 6.83. The SMILES string of the molecule is CCn1cc(C(=O)Nc2ccc(Oc3cc(N4CCCC4)cn4nccc34)c(F)c2)c(=O)n(-c2ccc(F)cc2)c1=O. The fraction of sp³-hybridized carbons (Fsp3) is 0.200. The molecule has 1 saturated heterocycles. The van der Waals surface area contributed by atoms with Gasteiger partial charge in [-0.2, -0.15) is 5.10 Å².